The summed E-state index contributed by atoms with van der Waals surface area (Å²) in [6, 6.07) is 4.80. The molecular weight excluding hydrogens is 400 g/mol. The number of hydrogen-bond acceptors (Lipinski definition) is 5. The van der Waals surface area contributed by atoms with Crippen LogP contribution in [-0.2, 0) is 12.7 Å². The summed E-state index contributed by atoms with van der Waals surface area (Å²) in [5.41, 5.74) is -0.110. The molecule has 0 spiro atoms. The largest absolute Gasteiger partial charge is 0.416 e. The summed E-state index contributed by atoms with van der Waals surface area (Å²) in [6.07, 6.45) is 0.129. The Labute approximate surface area is 173 Å². The molecule has 3 rings (SSSR count). The number of nitrogens with one attached hydrogen (secondary N) is 1. The number of aliphatic hydroxyl groups excluding tert-OH is 1. The van der Waals surface area contributed by atoms with Crippen molar-refractivity contribution in [2.24, 2.45) is 5.92 Å². The number of aromatic nitrogens is 2. The maximum Gasteiger partial charge on any atom is 0.416 e. The van der Waals surface area contributed by atoms with E-state index in [9.17, 15) is 18.3 Å². The Hall–Kier alpha value is -2.42. The molecule has 164 valence electrons. The lowest BCUT2D eigenvalue weighted by Gasteiger charge is -2.28. The topological polar surface area (TPSA) is 61.3 Å². The molecule has 1 aliphatic rings. The first kappa shape index (κ1) is 22.3. The van der Waals surface area contributed by atoms with Crippen LogP contribution in [0.4, 0.5) is 29.2 Å². The summed E-state index contributed by atoms with van der Waals surface area (Å²) in [6.45, 7) is 2.86. The van der Waals surface area contributed by atoms with Gasteiger partial charge in [0.05, 0.1) is 11.7 Å². The highest BCUT2D eigenvalue weighted by Crippen LogP contribution is 2.30. The molecule has 0 aliphatic heterocycles. The average molecular weight is 426 g/mol. The Morgan fingerprint density at radius 3 is 2.47 bits per heavy atom. The lowest BCUT2D eigenvalue weighted by molar-refractivity contribution is -0.137. The zero-order chi connectivity index (χ0) is 21.7. The third-order valence-corrected chi connectivity index (χ3v) is 5.51. The number of nitrogens with zero attached hydrogens (tertiary/aromatic N) is 3. The van der Waals surface area contributed by atoms with E-state index in [0.717, 1.165) is 37.8 Å². The molecule has 9 heteroatoms. The zero-order valence-corrected chi connectivity index (χ0v) is 16.8. The highest BCUT2D eigenvalue weighted by molar-refractivity contribution is 5.51. The lowest BCUT2D eigenvalue weighted by atomic mass is 9.86. The molecule has 1 heterocycles. The van der Waals surface area contributed by atoms with Crippen LogP contribution in [0.2, 0.25) is 0 Å². The molecule has 2 aromatic rings. The van der Waals surface area contributed by atoms with Crippen LogP contribution in [-0.4, -0.2) is 34.3 Å². The molecule has 1 aliphatic carbocycles. The fourth-order valence-electron chi connectivity index (χ4n) is 3.71. The number of rotatable bonds is 7. The molecule has 0 amide bonds. The van der Waals surface area contributed by atoms with Gasteiger partial charge in [0.25, 0.3) is 0 Å². The number of anilines is 2. The second kappa shape index (κ2) is 9.59. The van der Waals surface area contributed by atoms with Gasteiger partial charge in [-0.3, -0.25) is 0 Å². The van der Waals surface area contributed by atoms with Crippen molar-refractivity contribution in [1.82, 2.24) is 9.97 Å². The first-order chi connectivity index (χ1) is 14.3. The Kier molecular flexibility index (Phi) is 7.12. The van der Waals surface area contributed by atoms with Crippen LogP contribution in [0.5, 0.6) is 0 Å². The summed E-state index contributed by atoms with van der Waals surface area (Å²) < 4.78 is 53.3. The second-order valence-corrected chi connectivity index (χ2v) is 7.56. The molecule has 0 unspecified atom stereocenters. The van der Waals surface area contributed by atoms with Crippen LogP contribution in [0.15, 0.2) is 30.6 Å². The normalized spacial score (nSPS) is 19.5. The van der Waals surface area contributed by atoms with Gasteiger partial charge < -0.3 is 15.3 Å². The fraction of sp³-hybridized carbons (Fsp3) is 0.524. The van der Waals surface area contributed by atoms with Crippen LogP contribution in [0.1, 0.15) is 43.7 Å². The van der Waals surface area contributed by atoms with Crippen LogP contribution >= 0.6 is 0 Å². The van der Waals surface area contributed by atoms with E-state index >= 15 is 4.39 Å². The van der Waals surface area contributed by atoms with Gasteiger partial charge in [0, 0.05) is 25.6 Å². The molecule has 0 radical (unpaired) electrons. The van der Waals surface area contributed by atoms with Crippen molar-refractivity contribution in [3.63, 3.8) is 0 Å². The summed E-state index contributed by atoms with van der Waals surface area (Å²) in [4.78, 5) is 9.66. The number of alkyl halides is 3. The van der Waals surface area contributed by atoms with Crippen LogP contribution in [0.3, 0.4) is 0 Å². The Morgan fingerprint density at radius 1 is 1.13 bits per heavy atom. The van der Waals surface area contributed by atoms with E-state index in [0.29, 0.717) is 18.7 Å². The molecular formula is C21H26F4N4O. The van der Waals surface area contributed by atoms with E-state index in [4.69, 9.17) is 0 Å². The monoisotopic (exact) mass is 426 g/mol. The quantitative estimate of drug-likeness (QED) is 0.633. The first-order valence-electron chi connectivity index (χ1n) is 10.1. The van der Waals surface area contributed by atoms with E-state index in [2.05, 4.69) is 15.3 Å². The summed E-state index contributed by atoms with van der Waals surface area (Å²) in [5.74, 6) is -0.426. The Bertz CT molecular complexity index is 829. The molecule has 1 fully saturated rings. The average Bonchev–Trinajstić information content (AvgIpc) is 2.72. The van der Waals surface area contributed by atoms with Crippen molar-refractivity contribution in [2.45, 2.75) is 51.4 Å². The van der Waals surface area contributed by atoms with Gasteiger partial charge in [-0.25, -0.2) is 9.97 Å². The minimum Gasteiger partial charge on any atom is -0.393 e. The Morgan fingerprint density at radius 2 is 1.83 bits per heavy atom. The maximum atomic E-state index is 15.0. The third-order valence-electron chi connectivity index (χ3n) is 5.51. The van der Waals surface area contributed by atoms with Gasteiger partial charge in [-0.1, -0.05) is 25.0 Å². The van der Waals surface area contributed by atoms with Crippen molar-refractivity contribution >= 4 is 11.6 Å². The molecule has 1 aromatic carbocycles. The van der Waals surface area contributed by atoms with E-state index in [1.807, 2.05) is 6.92 Å². The van der Waals surface area contributed by atoms with Crippen molar-refractivity contribution in [3.8, 4) is 0 Å². The van der Waals surface area contributed by atoms with E-state index in [1.54, 1.807) is 4.90 Å². The number of aliphatic hydroxyl groups is 1. The molecule has 0 bridgehead atoms. The standard InChI is InChI=1S/C21H26F4N4O/c1-2-29(12-14-7-9-16(10-8-14)21(23,24)25)20-18(22)19(27-13-28-20)26-11-15-5-3-4-6-17(15)30/h7-10,13,15,17,30H,2-6,11-12H2,1H3,(H,26,27,28)/t15-,17+/m0/s1. The van der Waals surface area contributed by atoms with Crippen LogP contribution in [0, 0.1) is 11.7 Å². The van der Waals surface area contributed by atoms with E-state index in [-0.39, 0.29) is 24.1 Å². The van der Waals surface area contributed by atoms with Crippen molar-refractivity contribution in [1.29, 1.82) is 0 Å². The van der Waals surface area contributed by atoms with Crippen LogP contribution in [0.25, 0.3) is 0 Å². The predicted molar refractivity (Wildman–Crippen MR) is 107 cm³/mol. The van der Waals surface area contributed by atoms with Gasteiger partial charge in [-0.05, 0) is 37.5 Å². The first-order valence-corrected chi connectivity index (χ1v) is 10.1. The molecule has 2 atom stereocenters. The summed E-state index contributed by atoms with van der Waals surface area (Å²) in [5, 5.41) is 13.1. The lowest BCUT2D eigenvalue weighted by Crippen LogP contribution is -2.31. The van der Waals surface area contributed by atoms with E-state index < -0.39 is 23.7 Å². The molecule has 2 N–H and O–H groups in total. The molecule has 30 heavy (non-hydrogen) atoms. The highest BCUT2D eigenvalue weighted by atomic mass is 19.4. The third kappa shape index (κ3) is 5.38. The SMILES string of the molecule is CCN(Cc1ccc(C(F)(F)F)cc1)c1ncnc(NC[C@@H]2CCCC[C@H]2O)c1F. The number of hydrogen-bond donors (Lipinski definition) is 2. The van der Waals surface area contributed by atoms with Crippen molar-refractivity contribution < 1.29 is 22.7 Å². The summed E-state index contributed by atoms with van der Waals surface area (Å²) >= 11 is 0. The highest BCUT2D eigenvalue weighted by Gasteiger charge is 2.30. The fourth-order valence-corrected chi connectivity index (χ4v) is 3.71. The Balaban J connectivity index is 1.71. The van der Waals surface area contributed by atoms with Gasteiger partial charge in [-0.2, -0.15) is 17.6 Å². The molecule has 0 saturated heterocycles. The summed E-state index contributed by atoms with van der Waals surface area (Å²) in [7, 11) is 0. The smallest absolute Gasteiger partial charge is 0.393 e. The van der Waals surface area contributed by atoms with Gasteiger partial charge in [0.2, 0.25) is 5.82 Å². The van der Waals surface area contributed by atoms with Crippen molar-refractivity contribution in [3.05, 3.63) is 47.5 Å². The minimum atomic E-state index is -4.39. The molecule has 1 aromatic heterocycles. The predicted octanol–water partition coefficient (Wildman–Crippen LogP) is 4.62. The number of halogens is 4. The van der Waals surface area contributed by atoms with Gasteiger partial charge in [0.1, 0.15) is 6.33 Å². The van der Waals surface area contributed by atoms with Gasteiger partial charge >= 0.3 is 6.18 Å². The minimum absolute atomic E-state index is 0.0472. The second-order valence-electron chi connectivity index (χ2n) is 7.56. The zero-order valence-electron chi connectivity index (χ0n) is 16.8. The van der Waals surface area contributed by atoms with Gasteiger partial charge in [-0.15, -0.1) is 0 Å². The van der Waals surface area contributed by atoms with Crippen molar-refractivity contribution in [2.75, 3.05) is 23.3 Å². The maximum absolute atomic E-state index is 15.0. The van der Waals surface area contributed by atoms with E-state index in [1.165, 1.54) is 18.5 Å². The number of benzene rings is 1. The van der Waals surface area contributed by atoms with Crippen LogP contribution < -0.4 is 10.2 Å². The van der Waals surface area contributed by atoms with Gasteiger partial charge in [0.15, 0.2) is 11.6 Å². The molecule has 1 saturated carbocycles. The molecule has 5 nitrogen and oxygen atoms in total.